The summed E-state index contributed by atoms with van der Waals surface area (Å²) in [6.07, 6.45) is 7.36. The summed E-state index contributed by atoms with van der Waals surface area (Å²) < 4.78 is 9.41. The van der Waals surface area contributed by atoms with Crippen LogP contribution in [0, 0.1) is 0 Å². The first kappa shape index (κ1) is 18.8. The summed E-state index contributed by atoms with van der Waals surface area (Å²) in [5.41, 5.74) is 2.77. The second-order valence-corrected chi connectivity index (χ2v) is 13.3. The predicted molar refractivity (Wildman–Crippen MR) is 105 cm³/mol. The van der Waals surface area contributed by atoms with Gasteiger partial charge in [0.1, 0.15) is 12.4 Å². The van der Waals surface area contributed by atoms with Crippen LogP contribution < -0.4 is 0 Å². The number of pyridine rings is 1. The van der Waals surface area contributed by atoms with Crippen LogP contribution in [0.5, 0.6) is 0 Å². The van der Waals surface area contributed by atoms with Crippen LogP contribution in [0.1, 0.15) is 0 Å². The van der Waals surface area contributed by atoms with Crippen molar-refractivity contribution in [2.45, 2.75) is 38.9 Å². The Balaban J connectivity index is 1.82. The molecular formula is C17H25BN4O3Si. The Morgan fingerprint density at radius 3 is 2.77 bits per heavy atom. The van der Waals surface area contributed by atoms with E-state index < -0.39 is 15.2 Å². The van der Waals surface area contributed by atoms with Crippen LogP contribution in [0.3, 0.4) is 0 Å². The number of hydrogen-bond acceptors (Lipinski definition) is 5. The van der Waals surface area contributed by atoms with Crippen molar-refractivity contribution in [1.82, 2.24) is 19.3 Å². The lowest BCUT2D eigenvalue weighted by Gasteiger charge is -2.15. The van der Waals surface area contributed by atoms with Gasteiger partial charge >= 0.3 is 7.12 Å². The number of aromatic nitrogens is 4. The normalized spacial score (nSPS) is 12.0. The van der Waals surface area contributed by atoms with Crippen LogP contribution in [0.2, 0.25) is 25.7 Å². The monoisotopic (exact) mass is 372 g/mol. The maximum Gasteiger partial charge on any atom is 0.474 e. The highest BCUT2D eigenvalue weighted by molar-refractivity contribution is 6.76. The van der Waals surface area contributed by atoms with Crippen LogP contribution in [-0.2, 0) is 17.9 Å². The van der Waals surface area contributed by atoms with Crippen molar-refractivity contribution < 1.29 is 14.8 Å². The van der Waals surface area contributed by atoms with Crippen molar-refractivity contribution in [1.29, 1.82) is 0 Å². The Morgan fingerprint density at radius 1 is 1.23 bits per heavy atom. The fourth-order valence-electron chi connectivity index (χ4n) is 2.76. The number of hydrogen-bond donors (Lipinski definition) is 2. The molecule has 0 amide bonds. The third-order valence-electron chi connectivity index (χ3n) is 4.16. The van der Waals surface area contributed by atoms with E-state index in [0.29, 0.717) is 6.73 Å². The average Bonchev–Trinajstić information content (AvgIpc) is 3.15. The number of fused-ring (bicyclic) bond motifs is 1. The Bertz CT molecular complexity index is 872. The van der Waals surface area contributed by atoms with Gasteiger partial charge in [-0.2, -0.15) is 5.10 Å². The molecule has 3 heterocycles. The van der Waals surface area contributed by atoms with Gasteiger partial charge in [-0.1, -0.05) is 19.6 Å². The van der Waals surface area contributed by atoms with Gasteiger partial charge < -0.3 is 19.4 Å². The molecule has 0 radical (unpaired) electrons. The molecular weight excluding hydrogens is 347 g/mol. The first-order chi connectivity index (χ1) is 12.3. The van der Waals surface area contributed by atoms with E-state index in [-0.39, 0.29) is 6.44 Å². The van der Waals surface area contributed by atoms with Gasteiger partial charge in [-0.05, 0) is 18.2 Å². The van der Waals surface area contributed by atoms with Gasteiger partial charge in [0, 0.05) is 49.8 Å². The molecule has 7 nitrogen and oxygen atoms in total. The molecule has 0 aliphatic rings. The lowest BCUT2D eigenvalue weighted by molar-refractivity contribution is 0.0899. The summed E-state index contributed by atoms with van der Waals surface area (Å²) in [5, 5.41) is 23.4. The van der Waals surface area contributed by atoms with Crippen molar-refractivity contribution in [3.05, 3.63) is 36.9 Å². The summed E-state index contributed by atoms with van der Waals surface area (Å²) in [7, 11) is -2.53. The van der Waals surface area contributed by atoms with Gasteiger partial charge in [-0.3, -0.25) is 4.68 Å². The van der Waals surface area contributed by atoms with E-state index in [1.807, 2.05) is 22.9 Å². The number of rotatable bonds is 8. The van der Waals surface area contributed by atoms with Crippen molar-refractivity contribution in [3.8, 4) is 11.1 Å². The molecule has 3 aromatic heterocycles. The van der Waals surface area contributed by atoms with Gasteiger partial charge in [-0.25, -0.2) is 4.98 Å². The van der Waals surface area contributed by atoms with E-state index >= 15 is 0 Å². The standard InChI is InChI=1S/C17H25BN4O3Si/c1-26(2,3)8-7-25-13-21-11-16(15-5-4-6-19-17(15)21)14-9-20-22(10-14)12-18(23)24/h4-6,9-11,23-24H,7-8,12-13H2,1-3H3. The zero-order chi connectivity index (χ0) is 18.7. The van der Waals surface area contributed by atoms with Crippen LogP contribution in [-0.4, -0.2) is 51.2 Å². The average molecular weight is 372 g/mol. The zero-order valence-corrected chi connectivity index (χ0v) is 16.5. The molecule has 0 aromatic carbocycles. The molecule has 3 rings (SSSR count). The van der Waals surface area contributed by atoms with E-state index in [9.17, 15) is 0 Å². The van der Waals surface area contributed by atoms with E-state index in [4.69, 9.17) is 14.8 Å². The van der Waals surface area contributed by atoms with Crippen molar-refractivity contribution in [3.63, 3.8) is 0 Å². The summed E-state index contributed by atoms with van der Waals surface area (Å²) in [5.74, 6) is 0. The SMILES string of the molecule is C[Si](C)(C)CCOCn1cc(-c2cnn(CB(O)O)c2)c2cccnc21. The smallest absolute Gasteiger partial charge is 0.426 e. The molecule has 2 N–H and O–H groups in total. The molecule has 0 aliphatic heterocycles. The summed E-state index contributed by atoms with van der Waals surface area (Å²) >= 11 is 0. The van der Waals surface area contributed by atoms with Gasteiger partial charge in [0.15, 0.2) is 0 Å². The van der Waals surface area contributed by atoms with Crippen LogP contribution in [0.15, 0.2) is 36.9 Å². The highest BCUT2D eigenvalue weighted by Gasteiger charge is 2.15. The maximum absolute atomic E-state index is 9.11. The quantitative estimate of drug-likeness (QED) is 0.468. The second kappa shape index (κ2) is 7.75. The van der Waals surface area contributed by atoms with E-state index in [2.05, 4.69) is 29.7 Å². The van der Waals surface area contributed by atoms with E-state index in [1.165, 1.54) is 4.68 Å². The predicted octanol–water partition coefficient (Wildman–Crippen LogP) is 2.22. The minimum absolute atomic E-state index is 0.0384. The van der Waals surface area contributed by atoms with Crippen LogP contribution in [0.25, 0.3) is 22.2 Å². The number of ether oxygens (including phenoxy) is 1. The zero-order valence-electron chi connectivity index (χ0n) is 15.5. The van der Waals surface area contributed by atoms with Crippen LogP contribution >= 0.6 is 0 Å². The molecule has 0 unspecified atom stereocenters. The van der Waals surface area contributed by atoms with E-state index in [1.54, 1.807) is 18.6 Å². The van der Waals surface area contributed by atoms with Gasteiger partial charge in [0.2, 0.25) is 0 Å². The summed E-state index contributed by atoms with van der Waals surface area (Å²) in [6, 6.07) is 5.06. The maximum atomic E-state index is 9.11. The second-order valence-electron chi connectivity index (χ2n) is 7.67. The molecule has 0 saturated heterocycles. The highest BCUT2D eigenvalue weighted by atomic mass is 28.3. The molecule has 0 fully saturated rings. The van der Waals surface area contributed by atoms with Crippen molar-refractivity contribution in [2.75, 3.05) is 6.61 Å². The van der Waals surface area contributed by atoms with Crippen molar-refractivity contribution in [2.24, 2.45) is 0 Å². The topological polar surface area (TPSA) is 85.3 Å². The molecule has 3 aromatic rings. The molecule has 0 spiro atoms. The summed E-state index contributed by atoms with van der Waals surface area (Å²) in [4.78, 5) is 4.49. The molecule has 0 bridgehead atoms. The Morgan fingerprint density at radius 2 is 2.04 bits per heavy atom. The first-order valence-electron chi connectivity index (χ1n) is 8.74. The first-order valence-corrected chi connectivity index (χ1v) is 12.4. The minimum Gasteiger partial charge on any atom is -0.426 e. The summed E-state index contributed by atoms with van der Waals surface area (Å²) in [6.45, 7) is 8.22. The molecule has 0 atom stereocenters. The van der Waals surface area contributed by atoms with Crippen molar-refractivity contribution >= 4 is 26.2 Å². The molecule has 9 heteroatoms. The molecule has 26 heavy (non-hydrogen) atoms. The van der Waals surface area contributed by atoms with E-state index in [0.717, 1.165) is 34.8 Å². The lowest BCUT2D eigenvalue weighted by Crippen LogP contribution is -2.22. The van der Waals surface area contributed by atoms with Gasteiger partial charge in [0.05, 0.1) is 12.6 Å². The third-order valence-corrected chi connectivity index (χ3v) is 5.86. The fraction of sp³-hybridized carbons (Fsp3) is 0.412. The highest BCUT2D eigenvalue weighted by Crippen LogP contribution is 2.29. The number of nitrogens with zero attached hydrogens (tertiary/aromatic N) is 4. The molecule has 0 saturated carbocycles. The Labute approximate surface area is 154 Å². The molecule has 0 aliphatic carbocycles. The Kier molecular flexibility index (Phi) is 5.61. The van der Waals surface area contributed by atoms with Gasteiger partial charge in [0.25, 0.3) is 0 Å². The minimum atomic E-state index is -1.43. The Hall–Kier alpha value is -1.94. The largest absolute Gasteiger partial charge is 0.474 e. The molecule has 138 valence electrons. The van der Waals surface area contributed by atoms with Gasteiger partial charge in [-0.15, -0.1) is 0 Å². The third kappa shape index (κ3) is 4.61. The lowest BCUT2D eigenvalue weighted by atomic mass is 9.93. The fourth-order valence-corrected chi connectivity index (χ4v) is 3.52. The van der Waals surface area contributed by atoms with Crippen LogP contribution in [0.4, 0.5) is 0 Å².